The molecule has 0 aliphatic heterocycles. The van der Waals surface area contributed by atoms with Gasteiger partial charge in [-0.05, 0) is 17.7 Å². The van der Waals surface area contributed by atoms with E-state index in [2.05, 4.69) is 10.2 Å². The third kappa shape index (κ3) is 2.95. The Morgan fingerprint density at radius 1 is 1.47 bits per heavy atom. The number of carbonyl (C=O) groups excluding carboxylic acids is 1. The van der Waals surface area contributed by atoms with Gasteiger partial charge in [-0.25, -0.2) is 0 Å². The molecule has 0 saturated carbocycles. The van der Waals surface area contributed by atoms with E-state index in [0.717, 1.165) is 9.90 Å². The van der Waals surface area contributed by atoms with Crippen LogP contribution in [-0.2, 0) is 5.75 Å². The average Bonchev–Trinajstić information content (AvgIpc) is 2.80. The Balaban J connectivity index is 2.09. The number of primary amides is 1. The van der Waals surface area contributed by atoms with Gasteiger partial charge in [0.05, 0.1) is 0 Å². The largest absolute Gasteiger partial charge is 0.398 e. The minimum atomic E-state index is -0.472. The van der Waals surface area contributed by atoms with E-state index >= 15 is 0 Å². The number of thioether (sulfide) groups is 1. The molecular weight excluding hydrogens is 256 g/mol. The van der Waals surface area contributed by atoms with E-state index in [1.807, 2.05) is 6.07 Å². The molecule has 0 aliphatic carbocycles. The third-order valence-corrected chi connectivity index (χ3v) is 4.03. The van der Waals surface area contributed by atoms with Crippen molar-refractivity contribution in [2.45, 2.75) is 10.1 Å². The third-order valence-electron chi connectivity index (χ3n) is 2.12. The quantitative estimate of drug-likeness (QED) is 0.646. The first-order valence-electron chi connectivity index (χ1n) is 4.74. The molecule has 2 rings (SSSR count). The highest BCUT2D eigenvalue weighted by Gasteiger charge is 2.06. The van der Waals surface area contributed by atoms with Crippen molar-refractivity contribution in [2.24, 2.45) is 5.73 Å². The fourth-order valence-electron chi connectivity index (χ4n) is 1.24. The highest BCUT2D eigenvalue weighted by molar-refractivity contribution is 8.00. The molecule has 0 fully saturated rings. The smallest absolute Gasteiger partial charge is 0.248 e. The van der Waals surface area contributed by atoms with Crippen LogP contribution in [0.15, 0.2) is 28.0 Å². The molecule has 0 unspecified atom stereocenters. The Labute approximate surface area is 106 Å². The van der Waals surface area contributed by atoms with Crippen molar-refractivity contribution in [3.05, 3.63) is 34.8 Å². The highest BCUT2D eigenvalue weighted by Crippen LogP contribution is 2.26. The summed E-state index contributed by atoms with van der Waals surface area (Å²) < 4.78 is 0.892. The number of aromatic nitrogens is 2. The molecule has 0 radical (unpaired) electrons. The number of nitrogens with zero attached hydrogens (tertiary/aromatic N) is 2. The molecule has 1 aromatic carbocycles. The first-order valence-corrected chi connectivity index (χ1v) is 6.60. The van der Waals surface area contributed by atoms with Crippen molar-refractivity contribution in [1.29, 1.82) is 0 Å². The summed E-state index contributed by atoms with van der Waals surface area (Å²) in [6.07, 6.45) is 0. The predicted molar refractivity (Wildman–Crippen MR) is 68.8 cm³/mol. The van der Waals surface area contributed by atoms with Crippen molar-refractivity contribution < 1.29 is 4.79 Å². The zero-order valence-corrected chi connectivity index (χ0v) is 10.4. The molecule has 5 nitrogen and oxygen atoms in total. The van der Waals surface area contributed by atoms with Gasteiger partial charge in [0.2, 0.25) is 5.91 Å². The molecule has 4 N–H and O–H groups in total. The second kappa shape index (κ2) is 5.15. The lowest BCUT2D eigenvalue weighted by Gasteiger charge is -2.05. The maximum absolute atomic E-state index is 11.0. The van der Waals surface area contributed by atoms with E-state index in [9.17, 15) is 4.79 Å². The van der Waals surface area contributed by atoms with Crippen molar-refractivity contribution in [3.63, 3.8) is 0 Å². The summed E-state index contributed by atoms with van der Waals surface area (Å²) in [4.78, 5) is 11.0. The van der Waals surface area contributed by atoms with E-state index in [0.29, 0.717) is 17.0 Å². The van der Waals surface area contributed by atoms with Crippen molar-refractivity contribution in [1.82, 2.24) is 10.2 Å². The number of hydrogen-bond acceptors (Lipinski definition) is 6. The van der Waals surface area contributed by atoms with Gasteiger partial charge in [-0.15, -0.1) is 10.2 Å². The number of benzene rings is 1. The van der Waals surface area contributed by atoms with Crippen LogP contribution in [0, 0.1) is 0 Å². The van der Waals surface area contributed by atoms with Gasteiger partial charge in [-0.3, -0.25) is 4.79 Å². The van der Waals surface area contributed by atoms with E-state index in [1.54, 1.807) is 29.4 Å². The molecule has 1 aromatic heterocycles. The zero-order valence-electron chi connectivity index (χ0n) is 8.79. The van der Waals surface area contributed by atoms with Crippen LogP contribution in [0.1, 0.15) is 15.9 Å². The molecule has 0 bridgehead atoms. The second-order valence-corrected chi connectivity index (χ2v) is 5.33. The second-order valence-electron chi connectivity index (χ2n) is 3.27. The van der Waals surface area contributed by atoms with Gasteiger partial charge >= 0.3 is 0 Å². The maximum Gasteiger partial charge on any atom is 0.248 e. The fourth-order valence-corrected chi connectivity index (χ4v) is 2.75. The van der Waals surface area contributed by atoms with E-state index in [4.69, 9.17) is 11.5 Å². The van der Waals surface area contributed by atoms with Crippen LogP contribution in [0.5, 0.6) is 0 Å². The minimum absolute atomic E-state index is 0.423. The molecular formula is C10H10N4OS2. The van der Waals surface area contributed by atoms with Crippen LogP contribution >= 0.6 is 23.1 Å². The molecule has 88 valence electrons. The molecule has 0 aliphatic rings. The molecule has 17 heavy (non-hydrogen) atoms. The van der Waals surface area contributed by atoms with Crippen LogP contribution in [0.25, 0.3) is 0 Å². The highest BCUT2D eigenvalue weighted by atomic mass is 32.2. The van der Waals surface area contributed by atoms with Gasteiger partial charge in [0, 0.05) is 17.0 Å². The summed E-state index contributed by atoms with van der Waals surface area (Å²) in [5.41, 5.74) is 14.6. The van der Waals surface area contributed by atoms with Crippen LogP contribution in [0.3, 0.4) is 0 Å². The average molecular weight is 266 g/mol. The lowest BCUT2D eigenvalue weighted by Crippen LogP contribution is -2.11. The van der Waals surface area contributed by atoms with Gasteiger partial charge in [0.1, 0.15) is 5.51 Å². The van der Waals surface area contributed by atoms with Crippen molar-refractivity contribution >= 4 is 34.7 Å². The summed E-state index contributed by atoms with van der Waals surface area (Å²) >= 11 is 3.04. The number of nitrogen functional groups attached to an aromatic ring is 1. The molecule has 7 heteroatoms. The molecule has 0 atom stereocenters. The first kappa shape index (κ1) is 11.9. The lowest BCUT2D eigenvalue weighted by atomic mass is 10.1. The minimum Gasteiger partial charge on any atom is -0.398 e. The van der Waals surface area contributed by atoms with Crippen molar-refractivity contribution in [2.75, 3.05) is 5.73 Å². The molecule has 0 spiro atoms. The summed E-state index contributed by atoms with van der Waals surface area (Å²) in [5.74, 6) is 0.222. The van der Waals surface area contributed by atoms with Crippen LogP contribution in [-0.4, -0.2) is 16.1 Å². The van der Waals surface area contributed by atoms with Gasteiger partial charge in [-0.2, -0.15) is 0 Å². The number of amides is 1. The summed E-state index contributed by atoms with van der Waals surface area (Å²) in [6, 6.07) is 5.08. The Morgan fingerprint density at radius 3 is 2.88 bits per heavy atom. The number of hydrogen-bond donors (Lipinski definition) is 2. The van der Waals surface area contributed by atoms with Crippen LogP contribution < -0.4 is 11.5 Å². The Bertz CT molecular complexity index is 527. The number of rotatable bonds is 4. The van der Waals surface area contributed by atoms with E-state index in [-0.39, 0.29) is 0 Å². The number of anilines is 1. The normalized spacial score (nSPS) is 10.4. The monoisotopic (exact) mass is 266 g/mol. The van der Waals surface area contributed by atoms with Gasteiger partial charge in [-0.1, -0.05) is 29.2 Å². The lowest BCUT2D eigenvalue weighted by molar-refractivity contribution is 0.100. The topological polar surface area (TPSA) is 94.9 Å². The summed E-state index contributed by atoms with van der Waals surface area (Å²) in [6.45, 7) is 0. The molecule has 2 aromatic rings. The molecule has 1 amide bonds. The Hall–Kier alpha value is -1.60. The van der Waals surface area contributed by atoms with Crippen molar-refractivity contribution in [3.8, 4) is 0 Å². The Kier molecular flexibility index (Phi) is 3.60. The predicted octanol–water partition coefficient (Wildman–Crippen LogP) is 1.51. The van der Waals surface area contributed by atoms with E-state index < -0.39 is 5.91 Å². The summed E-state index contributed by atoms with van der Waals surface area (Å²) in [7, 11) is 0. The zero-order chi connectivity index (χ0) is 12.3. The number of carbonyl (C=O) groups is 1. The molecule has 0 saturated heterocycles. The van der Waals surface area contributed by atoms with E-state index in [1.165, 1.54) is 11.3 Å². The van der Waals surface area contributed by atoms with Gasteiger partial charge in [0.15, 0.2) is 4.34 Å². The Morgan fingerprint density at radius 2 is 2.29 bits per heavy atom. The number of nitrogens with two attached hydrogens (primary N) is 2. The first-order chi connectivity index (χ1) is 8.16. The summed E-state index contributed by atoms with van der Waals surface area (Å²) in [5, 5.41) is 7.67. The SMILES string of the molecule is NC(=O)c1ccc(CSc2nncs2)c(N)c1. The standard InChI is InChI=1S/C10H10N4OS2/c11-8-3-6(9(12)15)1-2-7(8)4-16-10-14-13-5-17-10/h1-3,5H,4,11H2,(H2,12,15). The molecule has 1 heterocycles. The fraction of sp³-hybridized carbons (Fsp3) is 0.100. The maximum atomic E-state index is 11.0. The van der Waals surface area contributed by atoms with Gasteiger partial charge in [0.25, 0.3) is 0 Å². The van der Waals surface area contributed by atoms with Crippen LogP contribution in [0.2, 0.25) is 0 Å². The van der Waals surface area contributed by atoms with Crippen LogP contribution in [0.4, 0.5) is 5.69 Å². The van der Waals surface area contributed by atoms with Gasteiger partial charge < -0.3 is 11.5 Å².